The van der Waals surface area contributed by atoms with E-state index in [0.717, 1.165) is 0 Å². The molecule has 0 amide bonds. The first kappa shape index (κ1) is 12.6. The Kier molecular flexibility index (Phi) is 5.24. The van der Waals surface area contributed by atoms with Crippen molar-refractivity contribution in [2.75, 3.05) is 0 Å². The minimum Gasteiger partial charge on any atom is -0.123 e. The molecule has 0 saturated carbocycles. The van der Waals surface area contributed by atoms with Crippen molar-refractivity contribution in [2.45, 2.75) is 57.1 Å². The molecule has 0 aliphatic rings. The Morgan fingerprint density at radius 2 is 2.00 bits per heavy atom. The Bertz CT molecular complexity index is 302. The van der Waals surface area contributed by atoms with E-state index in [0.29, 0.717) is 5.25 Å². The number of unbranched alkanes of at least 4 members (excludes halogenated alkanes) is 1. The predicted octanol–water partition coefficient (Wildman–Crippen LogP) is 4.84. The number of benzene rings is 1. The van der Waals surface area contributed by atoms with Gasteiger partial charge in [0.25, 0.3) is 0 Å². The Labute approximate surface area is 98.5 Å². The summed E-state index contributed by atoms with van der Waals surface area (Å²) in [6, 6.07) is 6.90. The van der Waals surface area contributed by atoms with Crippen molar-refractivity contribution in [3.63, 3.8) is 0 Å². The van der Waals surface area contributed by atoms with Gasteiger partial charge in [-0.2, -0.15) is 0 Å². The summed E-state index contributed by atoms with van der Waals surface area (Å²) in [5.74, 6) is 0. The highest BCUT2D eigenvalue weighted by Crippen LogP contribution is 2.25. The lowest BCUT2D eigenvalue weighted by Crippen LogP contribution is -1.91. The van der Waals surface area contributed by atoms with Gasteiger partial charge < -0.3 is 0 Å². The van der Waals surface area contributed by atoms with E-state index < -0.39 is 0 Å². The smallest absolute Gasteiger partial charge is 0.00774 e. The Balaban J connectivity index is 2.69. The van der Waals surface area contributed by atoms with Crippen LogP contribution < -0.4 is 0 Å². The number of hydrogen-bond donors (Lipinski definition) is 0. The van der Waals surface area contributed by atoms with E-state index >= 15 is 0 Å². The SMILES string of the molecule is CCCCc1ccc(SC(C)C)cc1C. The molecule has 0 aliphatic carbocycles. The maximum Gasteiger partial charge on any atom is 0.00774 e. The first-order chi connectivity index (χ1) is 7.13. The standard InChI is InChI=1S/C14H22S/c1-5-6-7-13-8-9-14(10-12(13)4)15-11(2)3/h8-11H,5-7H2,1-4H3. The molecule has 0 atom stereocenters. The third kappa shape index (κ3) is 4.29. The summed E-state index contributed by atoms with van der Waals surface area (Å²) in [5, 5.41) is 0.672. The first-order valence-corrected chi connectivity index (χ1v) is 6.77. The zero-order chi connectivity index (χ0) is 11.3. The van der Waals surface area contributed by atoms with Crippen molar-refractivity contribution in [1.82, 2.24) is 0 Å². The van der Waals surface area contributed by atoms with Crippen LogP contribution in [0.2, 0.25) is 0 Å². The van der Waals surface area contributed by atoms with Crippen LogP contribution in [0.25, 0.3) is 0 Å². The van der Waals surface area contributed by atoms with E-state index in [4.69, 9.17) is 0 Å². The van der Waals surface area contributed by atoms with Crippen LogP contribution in [-0.4, -0.2) is 5.25 Å². The lowest BCUT2D eigenvalue weighted by Gasteiger charge is -2.09. The molecular weight excluding hydrogens is 200 g/mol. The van der Waals surface area contributed by atoms with Gasteiger partial charge in [0.15, 0.2) is 0 Å². The summed E-state index contributed by atoms with van der Waals surface area (Å²) >= 11 is 1.95. The molecule has 0 unspecified atom stereocenters. The topological polar surface area (TPSA) is 0 Å². The molecule has 84 valence electrons. The van der Waals surface area contributed by atoms with Gasteiger partial charge in [-0.15, -0.1) is 11.8 Å². The average molecular weight is 222 g/mol. The second kappa shape index (κ2) is 6.22. The quantitative estimate of drug-likeness (QED) is 0.642. The maximum atomic E-state index is 2.33. The normalized spacial score (nSPS) is 11.0. The lowest BCUT2D eigenvalue weighted by atomic mass is 10.0. The summed E-state index contributed by atoms with van der Waals surface area (Å²) in [4.78, 5) is 1.41. The molecule has 0 saturated heterocycles. The molecule has 0 radical (unpaired) electrons. The molecule has 0 aliphatic heterocycles. The summed E-state index contributed by atoms with van der Waals surface area (Å²) in [5.41, 5.74) is 2.97. The van der Waals surface area contributed by atoms with Crippen LogP contribution in [0.3, 0.4) is 0 Å². The number of hydrogen-bond acceptors (Lipinski definition) is 1. The van der Waals surface area contributed by atoms with Gasteiger partial charge in [0.2, 0.25) is 0 Å². The van der Waals surface area contributed by atoms with Crippen LogP contribution in [0.1, 0.15) is 44.7 Å². The second-order valence-corrected chi connectivity index (χ2v) is 6.01. The van der Waals surface area contributed by atoms with Crippen molar-refractivity contribution in [1.29, 1.82) is 0 Å². The molecule has 0 fully saturated rings. The highest BCUT2D eigenvalue weighted by atomic mass is 32.2. The van der Waals surface area contributed by atoms with Crippen molar-refractivity contribution in [3.8, 4) is 0 Å². The fourth-order valence-electron chi connectivity index (χ4n) is 1.66. The van der Waals surface area contributed by atoms with E-state index in [1.165, 1.54) is 35.3 Å². The van der Waals surface area contributed by atoms with Gasteiger partial charge in [-0.3, -0.25) is 0 Å². The average Bonchev–Trinajstić information content (AvgIpc) is 2.15. The van der Waals surface area contributed by atoms with Gasteiger partial charge >= 0.3 is 0 Å². The van der Waals surface area contributed by atoms with Crippen LogP contribution >= 0.6 is 11.8 Å². The van der Waals surface area contributed by atoms with Crippen molar-refractivity contribution >= 4 is 11.8 Å². The van der Waals surface area contributed by atoms with E-state index in [1.54, 1.807) is 0 Å². The highest BCUT2D eigenvalue weighted by Gasteiger charge is 2.02. The van der Waals surface area contributed by atoms with Gasteiger partial charge in [0.05, 0.1) is 0 Å². The van der Waals surface area contributed by atoms with Gasteiger partial charge in [-0.05, 0) is 43.0 Å². The fraction of sp³-hybridized carbons (Fsp3) is 0.571. The minimum atomic E-state index is 0.672. The maximum absolute atomic E-state index is 2.33. The third-order valence-corrected chi connectivity index (χ3v) is 3.48. The fourth-order valence-corrected chi connectivity index (χ4v) is 2.60. The Morgan fingerprint density at radius 3 is 2.53 bits per heavy atom. The molecule has 0 heterocycles. The molecule has 0 N–H and O–H groups in total. The monoisotopic (exact) mass is 222 g/mol. The first-order valence-electron chi connectivity index (χ1n) is 5.89. The van der Waals surface area contributed by atoms with E-state index in [9.17, 15) is 0 Å². The van der Waals surface area contributed by atoms with Gasteiger partial charge in [0.1, 0.15) is 0 Å². The molecule has 0 spiro atoms. The predicted molar refractivity (Wildman–Crippen MR) is 70.8 cm³/mol. The van der Waals surface area contributed by atoms with Gasteiger partial charge in [-0.25, -0.2) is 0 Å². The molecule has 0 aromatic heterocycles. The van der Waals surface area contributed by atoms with Crippen LogP contribution in [0, 0.1) is 6.92 Å². The van der Waals surface area contributed by atoms with E-state index in [2.05, 4.69) is 45.9 Å². The highest BCUT2D eigenvalue weighted by molar-refractivity contribution is 7.99. The lowest BCUT2D eigenvalue weighted by molar-refractivity contribution is 0.790. The second-order valence-electron chi connectivity index (χ2n) is 4.36. The molecular formula is C14H22S. The van der Waals surface area contributed by atoms with E-state index in [1.807, 2.05) is 11.8 Å². The van der Waals surface area contributed by atoms with Crippen LogP contribution in [0.4, 0.5) is 0 Å². The van der Waals surface area contributed by atoms with Crippen molar-refractivity contribution in [2.24, 2.45) is 0 Å². The Morgan fingerprint density at radius 1 is 1.27 bits per heavy atom. The molecule has 1 aromatic rings. The third-order valence-electron chi connectivity index (χ3n) is 2.49. The summed E-state index contributed by atoms with van der Waals surface area (Å²) < 4.78 is 0. The summed E-state index contributed by atoms with van der Waals surface area (Å²) in [7, 11) is 0. The van der Waals surface area contributed by atoms with Crippen molar-refractivity contribution in [3.05, 3.63) is 29.3 Å². The van der Waals surface area contributed by atoms with Gasteiger partial charge in [-0.1, -0.05) is 33.3 Å². The molecule has 1 rings (SSSR count). The zero-order valence-electron chi connectivity index (χ0n) is 10.3. The summed E-state index contributed by atoms with van der Waals surface area (Å²) in [6.45, 7) is 8.96. The molecule has 15 heavy (non-hydrogen) atoms. The van der Waals surface area contributed by atoms with Crippen LogP contribution in [0.15, 0.2) is 23.1 Å². The van der Waals surface area contributed by atoms with E-state index in [-0.39, 0.29) is 0 Å². The molecule has 1 aromatic carbocycles. The van der Waals surface area contributed by atoms with Gasteiger partial charge in [0, 0.05) is 10.1 Å². The largest absolute Gasteiger partial charge is 0.123 e. The summed E-state index contributed by atoms with van der Waals surface area (Å²) in [6.07, 6.45) is 3.81. The molecule has 1 heteroatoms. The zero-order valence-corrected chi connectivity index (χ0v) is 11.2. The molecule has 0 bridgehead atoms. The number of thioether (sulfide) groups is 1. The van der Waals surface area contributed by atoms with Crippen LogP contribution in [0.5, 0.6) is 0 Å². The molecule has 0 nitrogen and oxygen atoms in total. The Hall–Kier alpha value is -0.430. The van der Waals surface area contributed by atoms with Crippen LogP contribution in [-0.2, 0) is 6.42 Å². The number of aryl methyl sites for hydroxylation is 2. The number of rotatable bonds is 5. The minimum absolute atomic E-state index is 0.672. The van der Waals surface area contributed by atoms with Crippen molar-refractivity contribution < 1.29 is 0 Å².